The number of hydrogen-bond donors (Lipinski definition) is 1. The number of amides is 1. The highest BCUT2D eigenvalue weighted by Crippen LogP contribution is 2.31. The van der Waals surface area contributed by atoms with E-state index in [0.29, 0.717) is 11.3 Å². The van der Waals surface area contributed by atoms with Crippen LogP contribution in [-0.2, 0) is 0 Å². The molecule has 1 aliphatic rings. The standard InChI is InChI=1S/C17H19N3O3S/c1-12(16-5-4-10-24-16)18-17(21)13-6-7-14(15(11-13)20(22)23)19-8-2-3-9-19/h4-7,10-12H,2-3,8-9H2,1H3,(H,18,21). The van der Waals surface area contributed by atoms with E-state index in [9.17, 15) is 14.9 Å². The molecule has 1 aliphatic heterocycles. The molecule has 126 valence electrons. The summed E-state index contributed by atoms with van der Waals surface area (Å²) in [5.74, 6) is -0.299. The van der Waals surface area contributed by atoms with Gasteiger partial charge in [0.1, 0.15) is 5.69 Å². The van der Waals surface area contributed by atoms with Crippen molar-refractivity contribution < 1.29 is 9.72 Å². The summed E-state index contributed by atoms with van der Waals surface area (Å²) >= 11 is 1.57. The Morgan fingerprint density at radius 3 is 2.71 bits per heavy atom. The second kappa shape index (κ2) is 7.00. The average molecular weight is 345 g/mol. The lowest BCUT2D eigenvalue weighted by Gasteiger charge is -2.18. The number of nitro groups is 1. The molecular formula is C17H19N3O3S. The Bertz CT molecular complexity index is 740. The van der Waals surface area contributed by atoms with Crippen molar-refractivity contribution in [2.24, 2.45) is 0 Å². The maximum atomic E-state index is 12.4. The van der Waals surface area contributed by atoms with E-state index in [1.165, 1.54) is 6.07 Å². The summed E-state index contributed by atoms with van der Waals surface area (Å²) in [6.07, 6.45) is 2.08. The highest BCUT2D eigenvalue weighted by Gasteiger charge is 2.24. The van der Waals surface area contributed by atoms with Gasteiger partial charge < -0.3 is 10.2 Å². The average Bonchev–Trinajstić information content (AvgIpc) is 3.27. The van der Waals surface area contributed by atoms with Crippen molar-refractivity contribution in [2.75, 3.05) is 18.0 Å². The van der Waals surface area contributed by atoms with E-state index in [0.717, 1.165) is 30.8 Å². The van der Waals surface area contributed by atoms with Gasteiger partial charge in [0.05, 0.1) is 11.0 Å². The molecule has 6 nitrogen and oxygen atoms in total. The van der Waals surface area contributed by atoms with E-state index < -0.39 is 4.92 Å². The molecule has 2 aromatic rings. The molecule has 1 saturated heterocycles. The molecule has 1 N–H and O–H groups in total. The van der Waals surface area contributed by atoms with Gasteiger partial charge in [0.15, 0.2) is 0 Å². The molecule has 0 aliphatic carbocycles. The predicted molar refractivity (Wildman–Crippen MR) is 94.7 cm³/mol. The van der Waals surface area contributed by atoms with Crippen LogP contribution in [0.5, 0.6) is 0 Å². The Morgan fingerprint density at radius 2 is 2.08 bits per heavy atom. The number of hydrogen-bond acceptors (Lipinski definition) is 5. The maximum absolute atomic E-state index is 12.4. The van der Waals surface area contributed by atoms with Gasteiger partial charge in [-0.1, -0.05) is 6.07 Å². The third kappa shape index (κ3) is 3.41. The number of nitrogens with one attached hydrogen (secondary N) is 1. The molecule has 1 aromatic carbocycles. The Labute approximate surface area is 144 Å². The van der Waals surface area contributed by atoms with Gasteiger partial charge in [-0.05, 0) is 43.3 Å². The van der Waals surface area contributed by atoms with Crippen molar-refractivity contribution in [1.29, 1.82) is 0 Å². The molecule has 0 radical (unpaired) electrons. The smallest absolute Gasteiger partial charge is 0.293 e. The van der Waals surface area contributed by atoms with Gasteiger partial charge in [0.2, 0.25) is 0 Å². The first-order chi connectivity index (χ1) is 11.6. The first-order valence-corrected chi connectivity index (χ1v) is 8.82. The van der Waals surface area contributed by atoms with Crippen LogP contribution in [-0.4, -0.2) is 23.9 Å². The monoisotopic (exact) mass is 345 g/mol. The molecule has 0 saturated carbocycles. The number of anilines is 1. The van der Waals surface area contributed by atoms with Crippen LogP contribution in [0.25, 0.3) is 0 Å². The van der Waals surface area contributed by atoms with Crippen LogP contribution < -0.4 is 10.2 Å². The lowest BCUT2D eigenvalue weighted by atomic mass is 10.1. The fourth-order valence-electron chi connectivity index (χ4n) is 2.93. The largest absolute Gasteiger partial charge is 0.366 e. The molecule has 3 rings (SSSR count). The van der Waals surface area contributed by atoms with E-state index in [1.54, 1.807) is 23.5 Å². The molecule has 0 bridgehead atoms. The SMILES string of the molecule is CC(NC(=O)c1ccc(N2CCCC2)c([N+](=O)[O-])c1)c1cccs1. The van der Waals surface area contributed by atoms with E-state index in [-0.39, 0.29) is 17.6 Å². The minimum atomic E-state index is -0.410. The molecule has 1 unspecified atom stereocenters. The van der Waals surface area contributed by atoms with E-state index in [4.69, 9.17) is 0 Å². The van der Waals surface area contributed by atoms with Crippen LogP contribution in [0.15, 0.2) is 35.7 Å². The zero-order valence-corrected chi connectivity index (χ0v) is 14.2. The third-order valence-electron chi connectivity index (χ3n) is 4.20. The van der Waals surface area contributed by atoms with Crippen molar-refractivity contribution in [3.63, 3.8) is 0 Å². The number of rotatable bonds is 5. The lowest BCUT2D eigenvalue weighted by Crippen LogP contribution is -2.26. The first kappa shape index (κ1) is 16.4. The first-order valence-electron chi connectivity index (χ1n) is 7.94. The van der Waals surface area contributed by atoms with Gasteiger partial charge in [0.25, 0.3) is 11.6 Å². The van der Waals surface area contributed by atoms with Crippen LogP contribution in [0.3, 0.4) is 0 Å². The van der Waals surface area contributed by atoms with Crippen molar-refractivity contribution in [2.45, 2.75) is 25.8 Å². The molecule has 1 fully saturated rings. The summed E-state index contributed by atoms with van der Waals surface area (Å²) < 4.78 is 0. The Kier molecular flexibility index (Phi) is 4.80. The summed E-state index contributed by atoms with van der Waals surface area (Å²) in [6, 6.07) is 8.48. The Balaban J connectivity index is 1.81. The number of benzene rings is 1. The summed E-state index contributed by atoms with van der Waals surface area (Å²) in [4.78, 5) is 26.5. The van der Waals surface area contributed by atoms with Crippen molar-refractivity contribution in [3.05, 3.63) is 56.3 Å². The Hall–Kier alpha value is -2.41. The molecule has 7 heteroatoms. The minimum absolute atomic E-state index is 0.00618. The van der Waals surface area contributed by atoms with E-state index in [1.807, 2.05) is 29.3 Å². The number of carbonyl (C=O) groups is 1. The second-order valence-corrected chi connectivity index (χ2v) is 6.84. The highest BCUT2D eigenvalue weighted by molar-refractivity contribution is 7.10. The highest BCUT2D eigenvalue weighted by atomic mass is 32.1. The topological polar surface area (TPSA) is 75.5 Å². The van der Waals surface area contributed by atoms with Gasteiger partial charge in [-0.3, -0.25) is 14.9 Å². The Morgan fingerprint density at radius 1 is 1.33 bits per heavy atom. The molecular weight excluding hydrogens is 326 g/mol. The second-order valence-electron chi connectivity index (χ2n) is 5.87. The van der Waals surface area contributed by atoms with Gasteiger partial charge in [-0.25, -0.2) is 0 Å². The molecule has 1 aromatic heterocycles. The van der Waals surface area contributed by atoms with Gasteiger partial charge >= 0.3 is 0 Å². The predicted octanol–water partition coefficient (Wildman–Crippen LogP) is 3.75. The number of carbonyl (C=O) groups excluding carboxylic acids is 1. The van der Waals surface area contributed by atoms with Gasteiger partial charge in [0, 0.05) is 29.6 Å². The summed E-state index contributed by atoms with van der Waals surface area (Å²) in [5, 5.41) is 16.3. The van der Waals surface area contributed by atoms with Crippen LogP contribution in [0, 0.1) is 10.1 Å². The van der Waals surface area contributed by atoms with Crippen molar-refractivity contribution >= 4 is 28.6 Å². The number of thiophene rings is 1. The molecule has 24 heavy (non-hydrogen) atoms. The molecule has 1 atom stereocenters. The van der Waals surface area contributed by atoms with Crippen LogP contribution >= 0.6 is 11.3 Å². The van der Waals surface area contributed by atoms with Gasteiger partial charge in [-0.2, -0.15) is 0 Å². The maximum Gasteiger partial charge on any atom is 0.293 e. The molecule has 0 spiro atoms. The summed E-state index contributed by atoms with van der Waals surface area (Å²) in [5.41, 5.74) is 0.904. The fourth-order valence-corrected chi connectivity index (χ4v) is 3.66. The summed E-state index contributed by atoms with van der Waals surface area (Å²) in [6.45, 7) is 3.54. The third-order valence-corrected chi connectivity index (χ3v) is 5.25. The minimum Gasteiger partial charge on any atom is -0.366 e. The number of nitro benzene ring substituents is 1. The van der Waals surface area contributed by atoms with E-state index >= 15 is 0 Å². The van der Waals surface area contributed by atoms with Crippen LogP contribution in [0.4, 0.5) is 11.4 Å². The zero-order chi connectivity index (χ0) is 17.1. The van der Waals surface area contributed by atoms with Gasteiger partial charge in [-0.15, -0.1) is 11.3 Å². The van der Waals surface area contributed by atoms with Crippen LogP contribution in [0.2, 0.25) is 0 Å². The normalized spacial score (nSPS) is 15.3. The summed E-state index contributed by atoms with van der Waals surface area (Å²) in [7, 11) is 0. The lowest BCUT2D eigenvalue weighted by molar-refractivity contribution is -0.384. The quantitative estimate of drug-likeness (QED) is 0.661. The molecule has 1 amide bonds. The number of nitrogens with zero attached hydrogens (tertiary/aromatic N) is 2. The fraction of sp³-hybridized carbons (Fsp3) is 0.353. The molecule has 2 heterocycles. The van der Waals surface area contributed by atoms with E-state index in [2.05, 4.69) is 5.32 Å². The van der Waals surface area contributed by atoms with Crippen molar-refractivity contribution in [3.8, 4) is 0 Å². The van der Waals surface area contributed by atoms with Crippen LogP contribution in [0.1, 0.15) is 41.0 Å². The van der Waals surface area contributed by atoms with Crippen molar-refractivity contribution in [1.82, 2.24) is 5.32 Å². The zero-order valence-electron chi connectivity index (χ0n) is 13.4.